The third kappa shape index (κ3) is 6.95. The van der Waals surface area contributed by atoms with E-state index < -0.39 is 12.2 Å². The monoisotopic (exact) mass is 589 g/mol. The van der Waals surface area contributed by atoms with Crippen LogP contribution in [0.15, 0.2) is 78.9 Å². The number of carbonyl (C=O) groups is 3. The second-order valence-corrected chi connectivity index (χ2v) is 10.6. The minimum Gasteiger partial charge on any atom is -0.508 e. The highest BCUT2D eigenvalue weighted by molar-refractivity contribution is 5.91. The Hall–Kier alpha value is -4.48. The summed E-state index contributed by atoms with van der Waals surface area (Å²) in [5.41, 5.74) is 2.11. The summed E-state index contributed by atoms with van der Waals surface area (Å²) < 4.78 is 19.8. The van der Waals surface area contributed by atoms with Gasteiger partial charge in [-0.05, 0) is 29.3 Å². The van der Waals surface area contributed by atoms with Gasteiger partial charge in [-0.2, -0.15) is 0 Å². The maximum Gasteiger partial charge on any atom is 0.334 e. The second-order valence-electron chi connectivity index (χ2n) is 10.6. The highest BCUT2D eigenvalue weighted by Gasteiger charge is 2.51. The summed E-state index contributed by atoms with van der Waals surface area (Å²) in [5, 5.41) is 16.0. The number of piperazine rings is 1. The molecule has 0 aliphatic carbocycles. The number of urea groups is 1. The molecule has 5 rings (SSSR count). The van der Waals surface area contributed by atoms with E-state index in [0.717, 1.165) is 11.1 Å². The van der Waals surface area contributed by atoms with Crippen molar-refractivity contribution in [3.8, 4) is 5.75 Å². The van der Waals surface area contributed by atoms with E-state index in [-0.39, 0.29) is 68.7 Å². The zero-order valence-corrected chi connectivity index (χ0v) is 24.1. The molecule has 4 amide bonds. The number of rotatable bonds is 10. The molecule has 3 aromatic rings. The first kappa shape index (κ1) is 30.0. The first-order valence-electron chi connectivity index (χ1n) is 14.4. The maximum absolute atomic E-state index is 14.1. The maximum atomic E-state index is 14.1. The lowest BCUT2D eigenvalue weighted by molar-refractivity contribution is -0.190. The van der Waals surface area contributed by atoms with Crippen LogP contribution in [0, 0.1) is 5.82 Å². The summed E-state index contributed by atoms with van der Waals surface area (Å²) in [6, 6.07) is 21.1. The summed E-state index contributed by atoms with van der Waals surface area (Å²) in [5.74, 6) is -0.772. The average molecular weight is 590 g/mol. The number of likely N-dealkylation sites (N-methyl/N-ethyl adjacent to an activating group) is 1. The standard InChI is InChI=1S/C32H36FN5O5/c1-2-36-21-30(40)37-28(18-23-12-14-26(39)15-13-23)31(41)35(16-17-43-22-25-10-6-7-11-27(25)33)20-29(37)38(36)32(42)34-19-24-8-4-3-5-9-24/h3-15,28-29,39H,2,16-22H2,1H3,(H,34,42)/t28-,29-/m0/s1. The van der Waals surface area contributed by atoms with Crippen LogP contribution in [0.2, 0.25) is 0 Å². The van der Waals surface area contributed by atoms with Gasteiger partial charge >= 0.3 is 6.03 Å². The van der Waals surface area contributed by atoms with Gasteiger partial charge in [0.05, 0.1) is 26.3 Å². The van der Waals surface area contributed by atoms with Gasteiger partial charge in [0.15, 0.2) is 0 Å². The van der Waals surface area contributed by atoms with Gasteiger partial charge in [-0.15, -0.1) is 0 Å². The van der Waals surface area contributed by atoms with Gasteiger partial charge in [0, 0.05) is 31.6 Å². The SMILES string of the molecule is CCN1CC(=O)N2[C@@H](Cc3ccc(O)cc3)C(=O)N(CCOCc3ccccc3F)C[C@@H]2N1C(=O)NCc1ccccc1. The lowest BCUT2D eigenvalue weighted by atomic mass is 9.98. The van der Waals surface area contributed by atoms with E-state index in [9.17, 15) is 23.9 Å². The number of carbonyl (C=O) groups excluding carboxylic acids is 3. The number of nitrogens with zero attached hydrogens (tertiary/aromatic N) is 4. The molecule has 2 saturated heterocycles. The highest BCUT2D eigenvalue weighted by atomic mass is 19.1. The molecular formula is C32H36FN5O5. The molecule has 0 aromatic heterocycles. The summed E-state index contributed by atoms with van der Waals surface area (Å²) >= 11 is 0. The van der Waals surface area contributed by atoms with Gasteiger partial charge in [0.25, 0.3) is 0 Å². The number of fused-ring (bicyclic) bond motifs is 1. The number of amides is 4. The third-order valence-electron chi connectivity index (χ3n) is 7.78. The zero-order chi connectivity index (χ0) is 30.3. The van der Waals surface area contributed by atoms with Crippen LogP contribution in [-0.2, 0) is 33.9 Å². The van der Waals surface area contributed by atoms with Gasteiger partial charge in [-0.1, -0.05) is 67.6 Å². The fraction of sp³-hybridized carbons (Fsp3) is 0.344. The molecule has 3 aromatic carbocycles. The van der Waals surface area contributed by atoms with Gasteiger partial charge in [0.1, 0.15) is 23.8 Å². The molecule has 0 unspecified atom stereocenters. The topological polar surface area (TPSA) is 106 Å². The van der Waals surface area contributed by atoms with E-state index in [4.69, 9.17) is 4.74 Å². The molecule has 0 radical (unpaired) electrons. The Morgan fingerprint density at radius 2 is 1.72 bits per heavy atom. The van der Waals surface area contributed by atoms with Crippen LogP contribution in [0.25, 0.3) is 0 Å². The molecule has 226 valence electrons. The first-order valence-corrected chi connectivity index (χ1v) is 14.4. The number of ether oxygens (including phenoxy) is 1. The van der Waals surface area contributed by atoms with E-state index in [2.05, 4.69) is 5.32 Å². The van der Waals surface area contributed by atoms with Crippen LogP contribution in [-0.4, -0.2) is 87.8 Å². The number of phenolic OH excluding ortho intramolecular Hbond substituents is 1. The summed E-state index contributed by atoms with van der Waals surface area (Å²) in [7, 11) is 0. The molecule has 2 fully saturated rings. The summed E-state index contributed by atoms with van der Waals surface area (Å²) in [6.07, 6.45) is -0.539. The highest BCUT2D eigenvalue weighted by Crippen LogP contribution is 2.28. The van der Waals surface area contributed by atoms with Crippen molar-refractivity contribution in [1.29, 1.82) is 0 Å². The van der Waals surface area contributed by atoms with Gasteiger partial charge in [-0.3, -0.25) is 9.59 Å². The van der Waals surface area contributed by atoms with E-state index in [1.807, 2.05) is 37.3 Å². The van der Waals surface area contributed by atoms with Crippen molar-refractivity contribution >= 4 is 17.8 Å². The molecule has 0 saturated carbocycles. The van der Waals surface area contributed by atoms with Crippen LogP contribution >= 0.6 is 0 Å². The molecule has 2 heterocycles. The molecule has 2 aliphatic rings. The quantitative estimate of drug-likeness (QED) is 0.352. The number of benzene rings is 3. The molecule has 0 spiro atoms. The number of hydrogen-bond donors (Lipinski definition) is 2. The minimum atomic E-state index is -0.870. The number of halogens is 1. The normalized spacial score (nSPS) is 19.0. The summed E-state index contributed by atoms with van der Waals surface area (Å²) in [6.45, 7) is 3.03. The lowest BCUT2D eigenvalue weighted by Gasteiger charge is -2.55. The lowest BCUT2D eigenvalue weighted by Crippen LogP contribution is -2.76. The van der Waals surface area contributed by atoms with Crippen molar-refractivity contribution < 1.29 is 28.6 Å². The molecule has 2 atom stereocenters. The zero-order valence-electron chi connectivity index (χ0n) is 24.1. The Morgan fingerprint density at radius 3 is 2.44 bits per heavy atom. The van der Waals surface area contributed by atoms with Crippen LogP contribution in [0.3, 0.4) is 0 Å². The molecule has 43 heavy (non-hydrogen) atoms. The van der Waals surface area contributed by atoms with Gasteiger partial charge in [0.2, 0.25) is 11.8 Å². The van der Waals surface area contributed by atoms with Gasteiger partial charge in [-0.25, -0.2) is 19.2 Å². The van der Waals surface area contributed by atoms with Crippen LogP contribution in [0.4, 0.5) is 9.18 Å². The minimum absolute atomic E-state index is 0.0448. The largest absolute Gasteiger partial charge is 0.508 e. The Balaban J connectivity index is 1.38. The number of hydrogen-bond acceptors (Lipinski definition) is 6. The smallest absolute Gasteiger partial charge is 0.334 e. The van der Waals surface area contributed by atoms with Crippen molar-refractivity contribution in [2.45, 2.75) is 38.7 Å². The second kappa shape index (κ2) is 13.7. The molecule has 0 bridgehead atoms. The van der Waals surface area contributed by atoms with E-state index >= 15 is 0 Å². The molecular weight excluding hydrogens is 553 g/mol. The number of nitrogens with one attached hydrogen (secondary N) is 1. The Labute approximate surface area is 250 Å². The van der Waals surface area contributed by atoms with Crippen molar-refractivity contribution in [2.75, 3.05) is 32.8 Å². The van der Waals surface area contributed by atoms with E-state index in [1.165, 1.54) is 23.1 Å². The van der Waals surface area contributed by atoms with Crippen molar-refractivity contribution in [3.63, 3.8) is 0 Å². The third-order valence-corrected chi connectivity index (χ3v) is 7.78. The molecule has 2 N–H and O–H groups in total. The number of hydrazine groups is 1. The predicted octanol–water partition coefficient (Wildman–Crippen LogP) is 3.12. The predicted molar refractivity (Wildman–Crippen MR) is 157 cm³/mol. The fourth-order valence-corrected chi connectivity index (χ4v) is 5.55. The Kier molecular flexibility index (Phi) is 9.53. The first-order chi connectivity index (χ1) is 20.9. The molecule has 11 heteroatoms. The van der Waals surface area contributed by atoms with Crippen LogP contribution in [0.5, 0.6) is 5.75 Å². The Morgan fingerprint density at radius 1 is 1.00 bits per heavy atom. The van der Waals surface area contributed by atoms with Crippen molar-refractivity contribution in [3.05, 3.63) is 101 Å². The molecule has 10 nitrogen and oxygen atoms in total. The van der Waals surface area contributed by atoms with E-state index in [1.54, 1.807) is 45.2 Å². The van der Waals surface area contributed by atoms with E-state index in [0.29, 0.717) is 18.7 Å². The molecule has 2 aliphatic heterocycles. The van der Waals surface area contributed by atoms with Crippen molar-refractivity contribution in [1.82, 2.24) is 25.1 Å². The van der Waals surface area contributed by atoms with Crippen molar-refractivity contribution in [2.24, 2.45) is 0 Å². The average Bonchev–Trinajstić information content (AvgIpc) is 3.02. The van der Waals surface area contributed by atoms with Crippen LogP contribution < -0.4 is 5.32 Å². The number of aromatic hydroxyl groups is 1. The summed E-state index contributed by atoms with van der Waals surface area (Å²) in [4.78, 5) is 44.3. The Bertz CT molecular complexity index is 1420. The fourth-order valence-electron chi connectivity index (χ4n) is 5.55. The van der Waals surface area contributed by atoms with Gasteiger partial charge < -0.3 is 25.0 Å². The van der Waals surface area contributed by atoms with Crippen LogP contribution in [0.1, 0.15) is 23.6 Å². The number of phenols is 1.